The largest absolute Gasteiger partial charge is 0.494 e. The molecule has 0 unspecified atom stereocenters. The van der Waals surface area contributed by atoms with E-state index in [0.717, 1.165) is 18.9 Å². The predicted octanol–water partition coefficient (Wildman–Crippen LogP) is 2.54. The van der Waals surface area contributed by atoms with E-state index in [1.807, 2.05) is 13.8 Å². The highest BCUT2D eigenvalue weighted by Gasteiger charge is 2.66. The number of Topliss-reactive ketones (excluding diaryl/α,β-unsaturated/α-hetero) is 1. The van der Waals surface area contributed by atoms with Gasteiger partial charge in [0.2, 0.25) is 0 Å². The van der Waals surface area contributed by atoms with Gasteiger partial charge in [0.25, 0.3) is 0 Å². The molecule has 3 aliphatic carbocycles. The average Bonchev–Trinajstić information content (AvgIpc) is 3.44. The Morgan fingerprint density at radius 3 is 2.73 bits per heavy atom. The Labute approximate surface area is 232 Å². The molecule has 1 aromatic carbocycles. The minimum atomic E-state index is -1.42. The van der Waals surface area contributed by atoms with Crippen LogP contribution >= 0.6 is 0 Å². The molecule has 0 saturated heterocycles. The van der Waals surface area contributed by atoms with Gasteiger partial charge in [-0.2, -0.15) is 0 Å². The lowest BCUT2D eigenvalue weighted by Crippen LogP contribution is -2.60. The molecule has 1 aliphatic heterocycles. The van der Waals surface area contributed by atoms with E-state index in [0.29, 0.717) is 24.8 Å². The van der Waals surface area contributed by atoms with Crippen LogP contribution in [0.1, 0.15) is 64.9 Å². The molecule has 40 heavy (non-hydrogen) atoms. The number of aliphatic hydroxyl groups is 1. The van der Waals surface area contributed by atoms with E-state index >= 15 is 0 Å². The lowest BCUT2D eigenvalue weighted by Gasteiger charge is -2.59. The zero-order valence-electron chi connectivity index (χ0n) is 23.0. The van der Waals surface area contributed by atoms with Crippen LogP contribution < -0.4 is 10.2 Å². The van der Waals surface area contributed by atoms with Gasteiger partial charge in [0.15, 0.2) is 18.2 Å². The average molecular weight is 558 g/mol. The van der Waals surface area contributed by atoms with Crippen molar-refractivity contribution in [3.05, 3.63) is 35.7 Å². The van der Waals surface area contributed by atoms with Crippen molar-refractivity contribution >= 4 is 30.3 Å². The van der Waals surface area contributed by atoms with E-state index in [2.05, 4.69) is 0 Å². The van der Waals surface area contributed by atoms with E-state index in [1.54, 1.807) is 13.0 Å². The number of hydrogen-bond acceptors (Lipinski definition) is 8. The molecular formula is C29H36BFO9. The van der Waals surface area contributed by atoms with Crippen molar-refractivity contribution < 1.29 is 48.1 Å². The number of carboxylic acid groups (broad SMARTS) is 1. The number of halogens is 1. The van der Waals surface area contributed by atoms with Crippen LogP contribution in [-0.4, -0.2) is 58.9 Å². The number of carboxylic acids is 1. The van der Waals surface area contributed by atoms with Gasteiger partial charge in [-0.05, 0) is 55.1 Å². The molecule has 216 valence electrons. The molecule has 1 aromatic rings. The molecule has 4 aliphatic rings. The summed E-state index contributed by atoms with van der Waals surface area (Å²) in [6.07, 6.45) is 3.69. The van der Waals surface area contributed by atoms with Crippen molar-refractivity contribution in [2.24, 2.45) is 28.1 Å². The second-order valence-corrected chi connectivity index (χ2v) is 12.5. The van der Waals surface area contributed by atoms with Crippen LogP contribution in [0.15, 0.2) is 24.3 Å². The van der Waals surface area contributed by atoms with Gasteiger partial charge in [-0.1, -0.05) is 32.9 Å². The van der Waals surface area contributed by atoms with E-state index in [9.17, 15) is 34.0 Å². The molecule has 3 fully saturated rings. The smallest absolute Gasteiger partial charge is 0.479 e. The third-order valence-corrected chi connectivity index (χ3v) is 10.3. The summed E-state index contributed by atoms with van der Waals surface area (Å²) in [5, 5.41) is 30.7. The number of benzene rings is 1. The number of rotatable bonds is 6. The third kappa shape index (κ3) is 4.65. The van der Waals surface area contributed by atoms with E-state index in [4.69, 9.17) is 14.1 Å². The van der Waals surface area contributed by atoms with Crippen molar-refractivity contribution in [2.75, 3.05) is 6.61 Å². The maximum absolute atomic E-state index is 15.0. The Morgan fingerprint density at radius 2 is 2.00 bits per heavy atom. The first kappa shape index (κ1) is 28.8. The molecule has 3 N–H and O–H groups in total. The van der Waals surface area contributed by atoms with Crippen LogP contribution in [0.25, 0.3) is 0 Å². The van der Waals surface area contributed by atoms with Crippen molar-refractivity contribution in [3.63, 3.8) is 0 Å². The highest BCUT2D eigenvalue weighted by Crippen LogP contribution is 2.66. The van der Waals surface area contributed by atoms with Gasteiger partial charge in [-0.25, -0.2) is 14.0 Å². The first-order valence-corrected chi connectivity index (χ1v) is 13.9. The van der Waals surface area contributed by atoms with Crippen LogP contribution in [0.3, 0.4) is 0 Å². The van der Waals surface area contributed by atoms with Crippen molar-refractivity contribution in [3.8, 4) is 5.75 Å². The lowest BCUT2D eigenvalue weighted by molar-refractivity contribution is -0.196. The van der Waals surface area contributed by atoms with Gasteiger partial charge in [-0.3, -0.25) is 4.79 Å². The molecule has 5 rings (SSSR count). The lowest BCUT2D eigenvalue weighted by atomic mass is 9.46. The fourth-order valence-corrected chi connectivity index (χ4v) is 7.88. The summed E-state index contributed by atoms with van der Waals surface area (Å²) in [6, 6.07) is 2.92. The summed E-state index contributed by atoms with van der Waals surface area (Å²) in [7, 11) is -1.42. The molecular weight excluding hydrogens is 522 g/mol. The zero-order valence-corrected chi connectivity index (χ0v) is 23.0. The topological polar surface area (TPSA) is 140 Å². The standard InChI is InChI=1S/C29H36BFO9/c1-16-6-10-29-11-7-18(32)26(29)28(16,3)21(13-27(2,20(33)12-29)9-8-22(34)35)40-23(36)15-38-19-5-4-17-14-39-30(37)24(17)25(19)31/h4-5,8-9,16,20-21,26,33,37H,6-7,10-15H2,1-3H3,(H,34,35)/b9-8+/t16-,20+,21-,26+,27-,28+,29+/m1/s1. The minimum absolute atomic E-state index is 0.00461. The number of aliphatic hydroxyl groups excluding tert-OH is 1. The summed E-state index contributed by atoms with van der Waals surface area (Å²) < 4.78 is 31.5. The Hall–Kier alpha value is -2.76. The summed E-state index contributed by atoms with van der Waals surface area (Å²) >= 11 is 0. The second-order valence-electron chi connectivity index (χ2n) is 12.5. The fourth-order valence-electron chi connectivity index (χ4n) is 7.88. The van der Waals surface area contributed by atoms with Crippen molar-refractivity contribution in [1.82, 2.24) is 0 Å². The van der Waals surface area contributed by atoms with Crippen LogP contribution in [-0.2, 0) is 30.4 Å². The van der Waals surface area contributed by atoms with E-state index in [1.165, 1.54) is 12.1 Å². The van der Waals surface area contributed by atoms with E-state index < -0.39 is 65.9 Å². The highest BCUT2D eigenvalue weighted by atomic mass is 19.1. The second kappa shape index (κ2) is 10.3. The molecule has 3 saturated carbocycles. The molecule has 11 heteroatoms. The van der Waals surface area contributed by atoms with Crippen LogP contribution in [0.5, 0.6) is 5.75 Å². The summed E-state index contributed by atoms with van der Waals surface area (Å²) in [4.78, 5) is 38.0. The van der Waals surface area contributed by atoms with Gasteiger partial charge in [0.1, 0.15) is 11.9 Å². The first-order chi connectivity index (χ1) is 18.8. The van der Waals surface area contributed by atoms with Gasteiger partial charge in [0.05, 0.1) is 12.7 Å². The van der Waals surface area contributed by atoms with Gasteiger partial charge in [0, 0.05) is 34.7 Å². The summed E-state index contributed by atoms with van der Waals surface area (Å²) in [5.41, 5.74) is -1.81. The monoisotopic (exact) mass is 558 g/mol. The molecule has 7 atom stereocenters. The number of hydrogen-bond donors (Lipinski definition) is 3. The fraction of sp³-hybridized carbons (Fsp3) is 0.621. The van der Waals surface area contributed by atoms with Crippen LogP contribution in [0.4, 0.5) is 4.39 Å². The Balaban J connectivity index is 1.45. The molecule has 0 amide bonds. The molecule has 2 bridgehead atoms. The number of carbonyl (C=O) groups is 3. The zero-order chi connectivity index (χ0) is 29.0. The number of fused-ring (bicyclic) bond motifs is 1. The van der Waals surface area contributed by atoms with E-state index in [-0.39, 0.29) is 35.9 Å². The molecule has 1 heterocycles. The summed E-state index contributed by atoms with van der Waals surface area (Å²) in [5.74, 6) is -3.29. The normalized spacial score (nSPS) is 37.0. The Bertz CT molecular complexity index is 1250. The molecule has 0 spiro atoms. The van der Waals surface area contributed by atoms with Gasteiger partial charge < -0.3 is 29.4 Å². The highest BCUT2D eigenvalue weighted by molar-refractivity contribution is 6.61. The third-order valence-electron chi connectivity index (χ3n) is 10.3. The van der Waals surface area contributed by atoms with Gasteiger partial charge >= 0.3 is 19.1 Å². The van der Waals surface area contributed by atoms with Crippen LogP contribution in [0.2, 0.25) is 0 Å². The Kier molecular flexibility index (Phi) is 7.38. The van der Waals surface area contributed by atoms with Crippen LogP contribution in [0, 0.1) is 33.9 Å². The number of esters is 1. The predicted molar refractivity (Wildman–Crippen MR) is 141 cm³/mol. The molecule has 0 radical (unpaired) electrons. The van der Waals surface area contributed by atoms with Crippen molar-refractivity contribution in [1.29, 1.82) is 0 Å². The molecule has 0 aromatic heterocycles. The number of aliphatic carboxylic acids is 1. The maximum Gasteiger partial charge on any atom is 0.494 e. The summed E-state index contributed by atoms with van der Waals surface area (Å²) in [6.45, 7) is 5.21. The molecule has 9 nitrogen and oxygen atoms in total. The van der Waals surface area contributed by atoms with Crippen molar-refractivity contribution in [2.45, 2.75) is 78.1 Å². The first-order valence-electron chi connectivity index (χ1n) is 13.9. The maximum atomic E-state index is 15.0. The quantitative estimate of drug-likeness (QED) is 0.273. The number of ketones is 1. The Morgan fingerprint density at radius 1 is 1.25 bits per heavy atom. The number of carbonyl (C=O) groups excluding carboxylic acids is 2. The SMILES string of the molecule is C[C@@H]1CC[C@@]23CCC(=O)[C@H]2[C@]1(C)[C@H](OC(=O)COc1ccc2c(c1F)B(O)OC2)C[C@@](C)(/C=C/C(=O)O)[C@@H](O)C3. The van der Waals surface area contributed by atoms with Gasteiger partial charge in [-0.15, -0.1) is 0 Å². The minimum Gasteiger partial charge on any atom is -0.479 e. The number of ether oxygens (including phenoxy) is 2.